The van der Waals surface area contributed by atoms with Gasteiger partial charge in [-0.1, -0.05) is 91.0 Å². The molecular weight excluding hydrogens is 558 g/mol. The van der Waals surface area contributed by atoms with Gasteiger partial charge in [0.1, 0.15) is 29.9 Å². The van der Waals surface area contributed by atoms with Crippen molar-refractivity contribution in [1.82, 2.24) is 4.90 Å². The molecule has 222 valence electrons. The number of aliphatic hydroxyl groups excluding tert-OH is 1. The summed E-state index contributed by atoms with van der Waals surface area (Å²) in [5.41, 5.74) is 8.07. The lowest BCUT2D eigenvalue weighted by molar-refractivity contribution is -0.178. The van der Waals surface area contributed by atoms with Gasteiger partial charge in [0, 0.05) is 5.69 Å². The Morgan fingerprint density at radius 2 is 1.52 bits per heavy atom. The quantitative estimate of drug-likeness (QED) is 0.280. The third kappa shape index (κ3) is 4.11. The summed E-state index contributed by atoms with van der Waals surface area (Å²) in [6.45, 7) is -0.0973. The smallest absolute Gasteiger partial charge is 0.324 e. The molecule has 44 heavy (non-hydrogen) atoms. The normalized spacial score (nSPS) is 27.3. The van der Waals surface area contributed by atoms with Crippen LogP contribution in [0.15, 0.2) is 109 Å². The summed E-state index contributed by atoms with van der Waals surface area (Å²) in [6, 6.07) is 31.0. The number of anilines is 1. The van der Waals surface area contributed by atoms with Crippen molar-refractivity contribution in [3.05, 3.63) is 131 Å². The Kier molecular flexibility index (Phi) is 6.91. The number of cyclic esters (lactones) is 1. The van der Waals surface area contributed by atoms with Crippen LogP contribution in [0.25, 0.3) is 0 Å². The molecule has 6 atom stereocenters. The maximum atomic E-state index is 14.5. The zero-order valence-electron chi connectivity index (χ0n) is 23.7. The fourth-order valence-electron chi connectivity index (χ4n) is 7.52. The maximum absolute atomic E-state index is 14.5. The number of esters is 1. The lowest BCUT2D eigenvalue weighted by atomic mass is 9.65. The van der Waals surface area contributed by atoms with Crippen molar-refractivity contribution in [3.8, 4) is 5.75 Å². The molecule has 3 heterocycles. The number of amides is 2. The molecule has 4 N–H and O–H groups in total. The number of hydrogen-bond acceptors (Lipinski definition) is 7. The summed E-state index contributed by atoms with van der Waals surface area (Å²) >= 11 is 0. The third-order valence-electron chi connectivity index (χ3n) is 9.06. The standard InChI is InChI=1S/C35H31N3O6/c36-32(40)27-29-33(41)44-30(22-12-5-2-6-13-22)28(21-10-3-1-4-11-21)38(29)31(23-14-9-15-24(20-23)43-19-18-39)35(27)25-16-7-8-17-26(25)37-34(35)42/h1-17,20,27-31,39H,18-19H2,(H2,36,40)(H,37,42)/t27-,28-,29-,30+,31+,35-/m1/s1. The molecule has 4 aromatic carbocycles. The van der Waals surface area contributed by atoms with Crippen molar-refractivity contribution in [3.63, 3.8) is 0 Å². The molecule has 0 radical (unpaired) electrons. The summed E-state index contributed by atoms with van der Waals surface area (Å²) in [5.74, 6) is -2.59. The molecule has 1 spiro atoms. The molecular formula is C35H31N3O6. The van der Waals surface area contributed by atoms with E-state index in [1.165, 1.54) is 0 Å². The number of rotatable bonds is 7. The van der Waals surface area contributed by atoms with E-state index in [2.05, 4.69) is 5.32 Å². The number of benzene rings is 4. The summed E-state index contributed by atoms with van der Waals surface area (Å²) < 4.78 is 12.0. The molecule has 9 heteroatoms. The van der Waals surface area contributed by atoms with E-state index in [1.807, 2.05) is 89.8 Å². The van der Waals surface area contributed by atoms with Crippen LogP contribution in [0.4, 0.5) is 5.69 Å². The second-order valence-corrected chi connectivity index (χ2v) is 11.3. The van der Waals surface area contributed by atoms with Gasteiger partial charge in [-0.2, -0.15) is 0 Å². The number of hydrogen-bond donors (Lipinski definition) is 3. The number of aliphatic hydroxyl groups is 1. The molecule has 2 amide bonds. The first kappa shape index (κ1) is 27.8. The molecule has 2 fully saturated rings. The number of carbonyl (C=O) groups is 3. The second-order valence-electron chi connectivity index (χ2n) is 11.3. The van der Waals surface area contributed by atoms with Gasteiger partial charge in [-0.05, 0) is 40.5 Å². The van der Waals surface area contributed by atoms with E-state index in [1.54, 1.807) is 24.3 Å². The van der Waals surface area contributed by atoms with Gasteiger partial charge in [-0.3, -0.25) is 19.3 Å². The van der Waals surface area contributed by atoms with Gasteiger partial charge in [-0.15, -0.1) is 0 Å². The molecule has 4 aromatic rings. The molecule has 0 unspecified atom stereocenters. The van der Waals surface area contributed by atoms with E-state index in [4.69, 9.17) is 15.2 Å². The Morgan fingerprint density at radius 3 is 2.23 bits per heavy atom. The molecule has 0 saturated carbocycles. The predicted octanol–water partition coefficient (Wildman–Crippen LogP) is 3.81. The highest BCUT2D eigenvalue weighted by molar-refractivity contribution is 6.11. The van der Waals surface area contributed by atoms with Crippen molar-refractivity contribution in [2.24, 2.45) is 11.7 Å². The molecule has 3 aliphatic heterocycles. The molecule has 0 bridgehead atoms. The van der Waals surface area contributed by atoms with Gasteiger partial charge >= 0.3 is 5.97 Å². The van der Waals surface area contributed by atoms with Crippen LogP contribution >= 0.6 is 0 Å². The van der Waals surface area contributed by atoms with E-state index >= 15 is 0 Å². The Morgan fingerprint density at radius 1 is 0.864 bits per heavy atom. The number of morpholine rings is 1. The van der Waals surface area contributed by atoms with Crippen LogP contribution in [0.2, 0.25) is 0 Å². The molecule has 9 nitrogen and oxygen atoms in total. The van der Waals surface area contributed by atoms with E-state index in [9.17, 15) is 19.5 Å². The van der Waals surface area contributed by atoms with Gasteiger partial charge in [0.2, 0.25) is 11.8 Å². The molecule has 3 aliphatic rings. The minimum absolute atomic E-state index is 0.0773. The van der Waals surface area contributed by atoms with Gasteiger partial charge in [0.05, 0.1) is 24.6 Å². The zero-order valence-corrected chi connectivity index (χ0v) is 23.7. The average molecular weight is 590 g/mol. The van der Waals surface area contributed by atoms with Crippen LogP contribution in [0.5, 0.6) is 5.75 Å². The monoisotopic (exact) mass is 589 g/mol. The first-order valence-electron chi connectivity index (χ1n) is 14.6. The first-order valence-corrected chi connectivity index (χ1v) is 14.6. The minimum Gasteiger partial charge on any atom is -0.491 e. The maximum Gasteiger partial charge on any atom is 0.324 e. The van der Waals surface area contributed by atoms with Gasteiger partial charge in [0.25, 0.3) is 0 Å². The van der Waals surface area contributed by atoms with Gasteiger partial charge in [-0.25, -0.2) is 0 Å². The van der Waals surface area contributed by atoms with Gasteiger partial charge in [0.15, 0.2) is 0 Å². The average Bonchev–Trinajstić information content (AvgIpc) is 3.53. The minimum atomic E-state index is -1.57. The highest BCUT2D eigenvalue weighted by atomic mass is 16.6. The fraction of sp³-hybridized carbons (Fsp3) is 0.229. The first-order chi connectivity index (χ1) is 21.5. The van der Waals surface area contributed by atoms with Crippen molar-refractivity contribution in [1.29, 1.82) is 0 Å². The summed E-state index contributed by atoms with van der Waals surface area (Å²) in [7, 11) is 0. The number of fused-ring (bicyclic) bond motifs is 3. The number of ether oxygens (including phenoxy) is 2. The third-order valence-corrected chi connectivity index (χ3v) is 9.06. The van der Waals surface area contributed by atoms with E-state index in [0.29, 0.717) is 22.6 Å². The summed E-state index contributed by atoms with van der Waals surface area (Å²) in [5, 5.41) is 12.4. The number of para-hydroxylation sites is 1. The lowest BCUT2D eigenvalue weighted by Gasteiger charge is -2.46. The van der Waals surface area contributed by atoms with Crippen LogP contribution < -0.4 is 15.8 Å². The number of nitrogens with one attached hydrogen (secondary N) is 1. The summed E-state index contributed by atoms with van der Waals surface area (Å²) in [6.07, 6.45) is -0.748. The van der Waals surface area contributed by atoms with Crippen LogP contribution in [0.3, 0.4) is 0 Å². The lowest BCUT2D eigenvalue weighted by Crippen LogP contribution is -2.53. The van der Waals surface area contributed by atoms with Crippen molar-refractivity contribution >= 4 is 23.5 Å². The Balaban J connectivity index is 1.54. The largest absolute Gasteiger partial charge is 0.491 e. The number of carbonyl (C=O) groups excluding carboxylic acids is 3. The zero-order chi connectivity index (χ0) is 30.4. The topological polar surface area (TPSA) is 131 Å². The second kappa shape index (κ2) is 10.9. The number of nitrogens with zero attached hydrogens (tertiary/aromatic N) is 1. The van der Waals surface area contributed by atoms with E-state index < -0.39 is 53.3 Å². The number of nitrogens with two attached hydrogens (primary N) is 1. The molecule has 7 rings (SSSR count). The van der Waals surface area contributed by atoms with Crippen LogP contribution in [-0.2, 0) is 24.5 Å². The van der Waals surface area contributed by atoms with E-state index in [0.717, 1.165) is 11.1 Å². The highest BCUT2D eigenvalue weighted by Crippen LogP contribution is 2.64. The van der Waals surface area contributed by atoms with Crippen molar-refractivity contribution in [2.45, 2.75) is 29.6 Å². The van der Waals surface area contributed by atoms with E-state index in [-0.39, 0.29) is 13.2 Å². The highest BCUT2D eigenvalue weighted by Gasteiger charge is 2.73. The van der Waals surface area contributed by atoms with Crippen LogP contribution in [0.1, 0.15) is 40.4 Å². The molecule has 0 aliphatic carbocycles. The Hall–Kier alpha value is -4.99. The van der Waals surface area contributed by atoms with Crippen molar-refractivity contribution < 1.29 is 29.0 Å². The van der Waals surface area contributed by atoms with Crippen LogP contribution in [-0.4, -0.2) is 47.0 Å². The Labute approximate surface area is 254 Å². The predicted molar refractivity (Wildman–Crippen MR) is 161 cm³/mol. The van der Waals surface area contributed by atoms with Crippen LogP contribution in [0, 0.1) is 5.92 Å². The SMILES string of the molecule is NC(=O)[C@H]1[C@@H]2C(=O)O[C@@H](c3ccccc3)[C@@H](c3ccccc3)N2[C@@H](c2cccc(OCCO)c2)[C@]12C(=O)Nc1ccccc12. The van der Waals surface area contributed by atoms with Crippen molar-refractivity contribution in [2.75, 3.05) is 18.5 Å². The fourth-order valence-corrected chi connectivity index (χ4v) is 7.52. The number of primary amides is 1. The molecule has 0 aromatic heterocycles. The summed E-state index contributed by atoms with van der Waals surface area (Å²) in [4.78, 5) is 44.4. The molecule has 2 saturated heterocycles. The van der Waals surface area contributed by atoms with Gasteiger partial charge < -0.3 is 25.6 Å². The Bertz CT molecular complexity index is 1730.